The van der Waals surface area contributed by atoms with E-state index in [1.165, 1.54) is 0 Å². The lowest BCUT2D eigenvalue weighted by Crippen LogP contribution is -2.54. The highest BCUT2D eigenvalue weighted by Crippen LogP contribution is 2.33. The highest BCUT2D eigenvalue weighted by molar-refractivity contribution is 8.00. The summed E-state index contributed by atoms with van der Waals surface area (Å²) in [4.78, 5) is 22.6. The normalized spacial score (nSPS) is 28.7. The third kappa shape index (κ3) is 4.01. The number of carbonyl (C=O) groups is 2. The van der Waals surface area contributed by atoms with Gasteiger partial charge in [0, 0.05) is 17.4 Å². The van der Waals surface area contributed by atoms with Crippen molar-refractivity contribution < 1.29 is 15.3 Å². The summed E-state index contributed by atoms with van der Waals surface area (Å²) in [5, 5.41) is 9.25. The molecule has 3 unspecified atom stereocenters. The number of quaternary nitrogens is 1. The number of urea groups is 1. The zero-order valence-electron chi connectivity index (χ0n) is 11.1. The first-order valence-electron chi connectivity index (χ1n) is 6.95. The predicted octanol–water partition coefficient (Wildman–Crippen LogP) is -0.930. The van der Waals surface area contributed by atoms with Crippen molar-refractivity contribution in [2.24, 2.45) is 0 Å². The second-order valence-corrected chi connectivity index (χ2v) is 6.34. The lowest BCUT2D eigenvalue weighted by Gasteiger charge is -2.16. The van der Waals surface area contributed by atoms with Crippen LogP contribution < -0.4 is 21.7 Å². The summed E-state index contributed by atoms with van der Waals surface area (Å²) in [7, 11) is 0. The van der Waals surface area contributed by atoms with Gasteiger partial charge in [-0.25, -0.2) is 4.79 Å². The van der Waals surface area contributed by atoms with E-state index in [-0.39, 0.29) is 18.0 Å². The van der Waals surface area contributed by atoms with E-state index in [4.69, 9.17) is 0 Å². The molecule has 6 N–H and O–H groups in total. The van der Waals surface area contributed by atoms with Crippen molar-refractivity contribution in [1.29, 1.82) is 0 Å². The number of nitrogens with one attached hydrogen (secondary N) is 3. The van der Waals surface area contributed by atoms with Gasteiger partial charge < -0.3 is 21.7 Å². The Morgan fingerprint density at radius 1 is 1.42 bits per heavy atom. The van der Waals surface area contributed by atoms with Crippen molar-refractivity contribution in [3.05, 3.63) is 0 Å². The molecule has 0 aromatic rings. The number of unbranched alkanes of at least 4 members (excludes halogenated alkanes) is 1. The third-order valence-corrected chi connectivity index (χ3v) is 5.09. The van der Waals surface area contributed by atoms with E-state index >= 15 is 0 Å². The molecule has 0 bridgehead atoms. The number of fused-ring (bicyclic) bond motifs is 1. The molecule has 19 heavy (non-hydrogen) atoms. The molecule has 2 rings (SSSR count). The fourth-order valence-corrected chi connectivity index (χ4v) is 4.13. The smallest absolute Gasteiger partial charge is 0.315 e. The maximum atomic E-state index is 11.4. The Morgan fingerprint density at radius 2 is 2.26 bits per heavy atom. The van der Waals surface area contributed by atoms with Crippen LogP contribution in [0.4, 0.5) is 4.79 Å². The molecule has 0 aliphatic carbocycles. The Morgan fingerprint density at radius 3 is 3.05 bits per heavy atom. The van der Waals surface area contributed by atoms with Gasteiger partial charge in [0.2, 0.25) is 5.91 Å². The largest absolute Gasteiger partial charge is 0.356 e. The van der Waals surface area contributed by atoms with Gasteiger partial charge in [0.25, 0.3) is 0 Å². The number of amides is 3. The molecular formula is C12H23N4O2S+. The Kier molecular flexibility index (Phi) is 5.33. The van der Waals surface area contributed by atoms with E-state index < -0.39 is 0 Å². The first-order chi connectivity index (χ1) is 9.20. The SMILES string of the molecule is [NH3+]CCNC(=O)CCCCC1SCC2NC(=O)NC21. The summed E-state index contributed by atoms with van der Waals surface area (Å²) in [5.41, 5.74) is 3.69. The summed E-state index contributed by atoms with van der Waals surface area (Å²) in [6.45, 7) is 1.40. The van der Waals surface area contributed by atoms with Crippen LogP contribution in [-0.2, 0) is 4.79 Å². The molecule has 0 saturated carbocycles. The number of hydrogen-bond acceptors (Lipinski definition) is 3. The monoisotopic (exact) mass is 287 g/mol. The first-order valence-corrected chi connectivity index (χ1v) is 8.00. The summed E-state index contributed by atoms with van der Waals surface area (Å²) in [6, 6.07) is 0.535. The fourth-order valence-electron chi connectivity index (χ4n) is 2.59. The van der Waals surface area contributed by atoms with E-state index in [1.54, 1.807) is 0 Å². The molecule has 3 amide bonds. The lowest BCUT2D eigenvalue weighted by molar-refractivity contribution is -0.364. The van der Waals surface area contributed by atoms with Gasteiger partial charge >= 0.3 is 6.03 Å². The highest BCUT2D eigenvalue weighted by atomic mass is 32.2. The van der Waals surface area contributed by atoms with Gasteiger partial charge in [-0.1, -0.05) is 6.42 Å². The van der Waals surface area contributed by atoms with Gasteiger partial charge in [-0.3, -0.25) is 4.79 Å². The highest BCUT2D eigenvalue weighted by Gasteiger charge is 2.42. The molecule has 2 fully saturated rings. The molecule has 108 valence electrons. The van der Waals surface area contributed by atoms with Crippen molar-refractivity contribution in [3.8, 4) is 0 Å². The molecule has 0 aromatic heterocycles. The van der Waals surface area contributed by atoms with E-state index in [9.17, 15) is 9.59 Å². The van der Waals surface area contributed by atoms with Gasteiger partial charge in [-0.15, -0.1) is 0 Å². The number of rotatable bonds is 7. The molecule has 7 heteroatoms. The maximum Gasteiger partial charge on any atom is 0.315 e. The minimum atomic E-state index is -0.0344. The van der Waals surface area contributed by atoms with Gasteiger partial charge in [-0.05, 0) is 12.8 Å². The minimum absolute atomic E-state index is 0.0344. The molecule has 2 saturated heterocycles. The standard InChI is InChI=1S/C12H22N4O2S/c13-5-6-14-10(17)4-2-1-3-9-11-8(7-19-9)15-12(18)16-11/h8-9,11H,1-7,13H2,(H,14,17)(H2,15,16,18)/p+1. The zero-order chi connectivity index (χ0) is 13.7. The van der Waals surface area contributed by atoms with Gasteiger partial charge in [0.15, 0.2) is 0 Å². The Hall–Kier alpha value is -0.950. The van der Waals surface area contributed by atoms with Crippen LogP contribution >= 0.6 is 11.8 Å². The summed E-state index contributed by atoms with van der Waals surface area (Å²) >= 11 is 1.92. The Labute approximate surface area is 117 Å². The predicted molar refractivity (Wildman–Crippen MR) is 74.7 cm³/mol. The van der Waals surface area contributed by atoms with Crippen molar-refractivity contribution in [2.75, 3.05) is 18.8 Å². The molecule has 6 nitrogen and oxygen atoms in total. The van der Waals surface area contributed by atoms with Crippen molar-refractivity contribution in [1.82, 2.24) is 16.0 Å². The average Bonchev–Trinajstić information content (AvgIpc) is 2.92. The number of thioether (sulfide) groups is 1. The van der Waals surface area contributed by atoms with Crippen molar-refractivity contribution >= 4 is 23.7 Å². The summed E-state index contributed by atoms with van der Waals surface area (Å²) < 4.78 is 0. The van der Waals surface area contributed by atoms with Crippen LogP contribution in [0.5, 0.6) is 0 Å². The van der Waals surface area contributed by atoms with Crippen LogP contribution in [-0.4, -0.2) is 48.1 Å². The number of carbonyl (C=O) groups excluding carboxylic acids is 2. The van der Waals surface area contributed by atoms with Crippen LogP contribution in [0.25, 0.3) is 0 Å². The zero-order valence-corrected chi connectivity index (χ0v) is 11.9. The van der Waals surface area contributed by atoms with E-state index in [2.05, 4.69) is 21.7 Å². The summed E-state index contributed by atoms with van der Waals surface area (Å²) in [5.74, 6) is 1.12. The van der Waals surface area contributed by atoms with E-state index in [0.29, 0.717) is 24.3 Å². The van der Waals surface area contributed by atoms with Crippen LogP contribution in [0, 0.1) is 0 Å². The Balaban J connectivity index is 1.59. The molecule has 0 aromatic carbocycles. The van der Waals surface area contributed by atoms with Crippen LogP contribution in [0.3, 0.4) is 0 Å². The van der Waals surface area contributed by atoms with Crippen molar-refractivity contribution in [3.63, 3.8) is 0 Å². The third-order valence-electron chi connectivity index (χ3n) is 3.58. The molecular weight excluding hydrogens is 264 g/mol. The minimum Gasteiger partial charge on any atom is -0.356 e. The number of hydrogen-bond donors (Lipinski definition) is 4. The van der Waals surface area contributed by atoms with Crippen LogP contribution in [0.15, 0.2) is 0 Å². The maximum absolute atomic E-state index is 11.4. The second kappa shape index (κ2) is 7.00. The van der Waals surface area contributed by atoms with E-state index in [1.807, 2.05) is 11.8 Å². The molecule has 3 atom stereocenters. The lowest BCUT2D eigenvalue weighted by atomic mass is 10.0. The van der Waals surface area contributed by atoms with Gasteiger partial charge in [0.05, 0.1) is 25.2 Å². The quantitative estimate of drug-likeness (QED) is 0.360. The molecule has 0 spiro atoms. The second-order valence-electron chi connectivity index (χ2n) is 5.07. The fraction of sp³-hybridized carbons (Fsp3) is 0.833. The van der Waals surface area contributed by atoms with Gasteiger partial charge in [-0.2, -0.15) is 11.8 Å². The van der Waals surface area contributed by atoms with Crippen LogP contribution in [0.1, 0.15) is 25.7 Å². The topological polar surface area (TPSA) is 97.9 Å². The summed E-state index contributed by atoms with van der Waals surface area (Å²) in [6.07, 6.45) is 3.61. The Bertz CT molecular complexity index is 340. The van der Waals surface area contributed by atoms with Crippen molar-refractivity contribution in [2.45, 2.75) is 43.0 Å². The average molecular weight is 287 g/mol. The van der Waals surface area contributed by atoms with Gasteiger partial charge in [0.1, 0.15) is 0 Å². The van der Waals surface area contributed by atoms with E-state index in [0.717, 1.165) is 31.6 Å². The molecule has 0 radical (unpaired) electrons. The molecule has 2 aliphatic heterocycles. The molecule has 2 heterocycles. The first kappa shape index (κ1) is 14.5. The van der Waals surface area contributed by atoms with Crippen LogP contribution in [0.2, 0.25) is 0 Å². The molecule has 2 aliphatic rings.